The average molecular weight is 285 g/mol. The van der Waals surface area contributed by atoms with Crippen LogP contribution in [0.3, 0.4) is 0 Å². The highest BCUT2D eigenvalue weighted by Gasteiger charge is 2.26. The van der Waals surface area contributed by atoms with Crippen LogP contribution < -0.4 is 5.32 Å². The lowest BCUT2D eigenvalue weighted by molar-refractivity contribution is -0.144. The van der Waals surface area contributed by atoms with Gasteiger partial charge < -0.3 is 15.0 Å². The maximum atomic E-state index is 12.0. The highest BCUT2D eigenvalue weighted by molar-refractivity contribution is 7.09. The third-order valence-corrected chi connectivity index (χ3v) is 3.39. The van der Waals surface area contributed by atoms with Gasteiger partial charge in [0.25, 0.3) is 0 Å². The van der Waals surface area contributed by atoms with Crippen molar-refractivity contribution in [3.63, 3.8) is 0 Å². The van der Waals surface area contributed by atoms with Gasteiger partial charge >= 0.3 is 12.0 Å². The molecule has 1 aromatic heterocycles. The number of carbonyl (C=O) groups excluding carboxylic acids is 2. The summed E-state index contributed by atoms with van der Waals surface area (Å²) in [6.45, 7) is 4.17. The largest absolute Gasteiger partial charge is 0.467 e. The zero-order chi connectivity index (χ0) is 14.4. The molecule has 106 valence electrons. The van der Waals surface area contributed by atoms with E-state index in [0.29, 0.717) is 6.54 Å². The number of aromatic nitrogens is 1. The van der Waals surface area contributed by atoms with Crippen molar-refractivity contribution in [3.05, 3.63) is 16.6 Å². The molecule has 0 spiro atoms. The number of hydrogen-bond acceptors (Lipinski definition) is 5. The van der Waals surface area contributed by atoms with E-state index in [1.54, 1.807) is 18.8 Å². The SMILES string of the molecule is COC(=O)C(NC(=O)N(C)Cc1cncs1)C(C)C. The summed E-state index contributed by atoms with van der Waals surface area (Å²) in [5.74, 6) is -0.470. The fourth-order valence-electron chi connectivity index (χ4n) is 1.49. The summed E-state index contributed by atoms with van der Waals surface area (Å²) < 4.78 is 4.68. The molecule has 0 bridgehead atoms. The Bertz CT molecular complexity index is 420. The number of carbonyl (C=O) groups is 2. The number of amides is 2. The Balaban J connectivity index is 2.58. The van der Waals surface area contributed by atoms with Gasteiger partial charge in [0.15, 0.2) is 0 Å². The molecule has 0 aliphatic rings. The molecule has 1 heterocycles. The van der Waals surface area contributed by atoms with E-state index in [2.05, 4.69) is 15.0 Å². The molecule has 0 saturated carbocycles. The Morgan fingerprint density at radius 2 is 2.21 bits per heavy atom. The van der Waals surface area contributed by atoms with Crippen LogP contribution in [0.5, 0.6) is 0 Å². The summed E-state index contributed by atoms with van der Waals surface area (Å²) >= 11 is 1.48. The highest BCUT2D eigenvalue weighted by atomic mass is 32.1. The van der Waals surface area contributed by atoms with E-state index in [9.17, 15) is 9.59 Å². The first-order valence-corrected chi connectivity index (χ1v) is 6.80. The Labute approximate surface area is 116 Å². The second kappa shape index (κ2) is 7.08. The van der Waals surface area contributed by atoms with Crippen LogP contribution >= 0.6 is 11.3 Å². The first-order valence-electron chi connectivity index (χ1n) is 5.92. The van der Waals surface area contributed by atoms with Crippen LogP contribution in [0.4, 0.5) is 4.79 Å². The summed E-state index contributed by atoms with van der Waals surface area (Å²) in [6.07, 6.45) is 1.72. The van der Waals surface area contributed by atoms with Crippen molar-refractivity contribution in [3.8, 4) is 0 Å². The number of nitrogens with one attached hydrogen (secondary N) is 1. The standard InChI is InChI=1S/C12H19N3O3S/c1-8(2)10(11(16)18-4)14-12(17)15(3)6-9-5-13-7-19-9/h5,7-8,10H,6H2,1-4H3,(H,14,17). The quantitative estimate of drug-likeness (QED) is 0.832. The molecule has 19 heavy (non-hydrogen) atoms. The maximum Gasteiger partial charge on any atom is 0.328 e. The van der Waals surface area contributed by atoms with Gasteiger partial charge in [-0.25, -0.2) is 9.59 Å². The van der Waals surface area contributed by atoms with E-state index in [0.717, 1.165) is 4.88 Å². The van der Waals surface area contributed by atoms with Crippen LogP contribution in [0.15, 0.2) is 11.7 Å². The van der Waals surface area contributed by atoms with Gasteiger partial charge in [0.2, 0.25) is 0 Å². The number of urea groups is 1. The van der Waals surface area contributed by atoms with Gasteiger partial charge in [0.05, 0.1) is 19.2 Å². The second-order valence-corrected chi connectivity index (χ2v) is 5.49. The number of nitrogens with zero attached hydrogens (tertiary/aromatic N) is 2. The van der Waals surface area contributed by atoms with Gasteiger partial charge in [0.1, 0.15) is 6.04 Å². The van der Waals surface area contributed by atoms with Crippen molar-refractivity contribution < 1.29 is 14.3 Å². The Hall–Kier alpha value is -1.63. The Kier molecular flexibility index (Phi) is 5.75. The average Bonchev–Trinajstić information content (AvgIpc) is 2.86. The molecule has 0 aliphatic carbocycles. The summed E-state index contributed by atoms with van der Waals surface area (Å²) in [5.41, 5.74) is 1.71. The molecular weight excluding hydrogens is 266 g/mol. The number of hydrogen-bond donors (Lipinski definition) is 1. The van der Waals surface area contributed by atoms with E-state index >= 15 is 0 Å². The minimum Gasteiger partial charge on any atom is -0.467 e. The number of ether oxygens (including phenoxy) is 1. The van der Waals surface area contributed by atoms with E-state index in [1.807, 2.05) is 13.8 Å². The predicted molar refractivity (Wildman–Crippen MR) is 72.8 cm³/mol. The van der Waals surface area contributed by atoms with Gasteiger partial charge in [-0.15, -0.1) is 11.3 Å². The van der Waals surface area contributed by atoms with Crippen molar-refractivity contribution >= 4 is 23.3 Å². The summed E-state index contributed by atoms with van der Waals surface area (Å²) in [7, 11) is 2.98. The number of thiazole rings is 1. The third kappa shape index (κ3) is 4.51. The molecule has 1 aromatic rings. The monoisotopic (exact) mass is 285 g/mol. The molecule has 1 unspecified atom stereocenters. The van der Waals surface area contributed by atoms with E-state index in [-0.39, 0.29) is 11.9 Å². The molecule has 0 fully saturated rings. The third-order valence-electron chi connectivity index (χ3n) is 2.62. The molecule has 1 atom stereocenters. The number of esters is 1. The van der Waals surface area contributed by atoms with Crippen LogP contribution in [0.2, 0.25) is 0 Å². The van der Waals surface area contributed by atoms with Gasteiger partial charge in [0, 0.05) is 18.1 Å². The first-order chi connectivity index (χ1) is 8.95. The van der Waals surface area contributed by atoms with Crippen LogP contribution in [-0.4, -0.2) is 42.1 Å². The van der Waals surface area contributed by atoms with Crippen molar-refractivity contribution in [1.82, 2.24) is 15.2 Å². The molecule has 0 saturated heterocycles. The fraction of sp³-hybridized carbons (Fsp3) is 0.583. The summed E-state index contributed by atoms with van der Waals surface area (Å²) in [4.78, 5) is 30.0. The van der Waals surface area contributed by atoms with Crippen LogP contribution in [0.1, 0.15) is 18.7 Å². The summed E-state index contributed by atoms with van der Waals surface area (Å²) in [6, 6.07) is -0.945. The second-order valence-electron chi connectivity index (χ2n) is 4.52. The molecule has 1 N–H and O–H groups in total. The smallest absolute Gasteiger partial charge is 0.328 e. The first kappa shape index (κ1) is 15.4. The van der Waals surface area contributed by atoms with E-state index in [1.165, 1.54) is 23.3 Å². The molecule has 0 radical (unpaired) electrons. The van der Waals surface area contributed by atoms with Crippen molar-refractivity contribution in [1.29, 1.82) is 0 Å². The van der Waals surface area contributed by atoms with E-state index < -0.39 is 12.0 Å². The van der Waals surface area contributed by atoms with E-state index in [4.69, 9.17) is 0 Å². The lowest BCUT2D eigenvalue weighted by atomic mass is 10.1. The molecule has 0 aromatic carbocycles. The minimum atomic E-state index is -0.638. The zero-order valence-corrected chi connectivity index (χ0v) is 12.4. The topological polar surface area (TPSA) is 71.5 Å². The fourth-order valence-corrected chi connectivity index (χ4v) is 2.14. The lowest BCUT2D eigenvalue weighted by Gasteiger charge is -2.23. The molecule has 6 nitrogen and oxygen atoms in total. The lowest BCUT2D eigenvalue weighted by Crippen LogP contribution is -2.49. The predicted octanol–water partition coefficient (Wildman–Crippen LogP) is 1.48. The van der Waals surface area contributed by atoms with Gasteiger partial charge in [-0.3, -0.25) is 4.98 Å². The van der Waals surface area contributed by atoms with Crippen LogP contribution in [0.25, 0.3) is 0 Å². The van der Waals surface area contributed by atoms with Crippen molar-refractivity contribution in [2.24, 2.45) is 5.92 Å². The Morgan fingerprint density at radius 1 is 1.53 bits per heavy atom. The highest BCUT2D eigenvalue weighted by Crippen LogP contribution is 2.09. The summed E-state index contributed by atoms with van der Waals surface area (Å²) in [5, 5.41) is 2.68. The van der Waals surface area contributed by atoms with Crippen molar-refractivity contribution in [2.45, 2.75) is 26.4 Å². The van der Waals surface area contributed by atoms with Crippen LogP contribution in [-0.2, 0) is 16.1 Å². The number of rotatable bonds is 5. The normalized spacial score (nSPS) is 12.1. The van der Waals surface area contributed by atoms with Gasteiger partial charge in [-0.2, -0.15) is 0 Å². The van der Waals surface area contributed by atoms with Gasteiger partial charge in [-0.1, -0.05) is 13.8 Å². The van der Waals surface area contributed by atoms with Crippen molar-refractivity contribution in [2.75, 3.05) is 14.2 Å². The maximum absolute atomic E-state index is 12.0. The molecule has 7 heteroatoms. The van der Waals surface area contributed by atoms with Gasteiger partial charge in [-0.05, 0) is 5.92 Å². The molecule has 1 rings (SSSR count). The molecule has 2 amide bonds. The molecular formula is C12H19N3O3S. The van der Waals surface area contributed by atoms with Crippen LogP contribution in [0, 0.1) is 5.92 Å². The zero-order valence-electron chi connectivity index (χ0n) is 11.5. The Morgan fingerprint density at radius 3 is 2.68 bits per heavy atom. The minimum absolute atomic E-state index is 0.0341. The number of methoxy groups -OCH3 is 1. The molecule has 0 aliphatic heterocycles.